The van der Waals surface area contributed by atoms with Crippen LogP contribution < -0.4 is 4.74 Å². The Kier molecular flexibility index (Phi) is 5.18. The summed E-state index contributed by atoms with van der Waals surface area (Å²) in [7, 11) is 0. The molecule has 0 bridgehead atoms. The second-order valence-corrected chi connectivity index (χ2v) is 5.74. The number of hydrogen-bond acceptors (Lipinski definition) is 2. The third-order valence-corrected chi connectivity index (χ3v) is 2.56. The summed E-state index contributed by atoms with van der Waals surface area (Å²) in [6, 6.07) is 4.10. The molecule has 1 unspecified atom stereocenters. The molecule has 0 aromatic heterocycles. The van der Waals surface area contributed by atoms with Crippen molar-refractivity contribution >= 4 is 15.9 Å². The van der Waals surface area contributed by atoms with Gasteiger partial charge in [-0.15, -0.1) is 0 Å². The first-order chi connectivity index (χ1) is 8.31. The lowest BCUT2D eigenvalue weighted by molar-refractivity contribution is 0.155. The van der Waals surface area contributed by atoms with E-state index in [4.69, 9.17) is 4.74 Å². The molecule has 1 aromatic carbocycles. The summed E-state index contributed by atoms with van der Waals surface area (Å²) in [5.74, 6) is 5.97. The zero-order valence-electron chi connectivity index (χ0n) is 10.6. The van der Waals surface area contributed by atoms with Crippen molar-refractivity contribution in [3.05, 3.63) is 28.5 Å². The fourth-order valence-electron chi connectivity index (χ4n) is 1.13. The molecule has 0 amide bonds. The van der Waals surface area contributed by atoms with Gasteiger partial charge in [0.15, 0.2) is 6.10 Å². The maximum absolute atomic E-state index is 12.9. The topological polar surface area (TPSA) is 29.5 Å². The molecule has 0 heterocycles. The third-order valence-electron chi connectivity index (χ3n) is 1.94. The Morgan fingerprint density at radius 1 is 1.44 bits per heavy atom. The predicted octanol–water partition coefficient (Wildman–Crippen LogP) is 3.38. The highest BCUT2D eigenvalue weighted by Gasteiger charge is 2.11. The summed E-state index contributed by atoms with van der Waals surface area (Å²) < 4.78 is 18.9. The Balaban J connectivity index is 2.82. The van der Waals surface area contributed by atoms with Crippen LogP contribution in [0.25, 0.3) is 0 Å². The number of ether oxygens (including phenoxy) is 1. The number of benzene rings is 1. The molecule has 0 aliphatic carbocycles. The van der Waals surface area contributed by atoms with E-state index in [1.165, 1.54) is 18.2 Å². The fourth-order valence-corrected chi connectivity index (χ4v) is 1.58. The van der Waals surface area contributed by atoms with Crippen LogP contribution in [-0.4, -0.2) is 17.8 Å². The fraction of sp³-hybridized carbons (Fsp3) is 0.429. The standard InChI is InChI=1S/C14H16BrFO2/c1-14(2,3)7-6-11(9-17)18-13-5-4-10(16)8-12(13)15/h4-5,8,11,17H,9H2,1-3H3. The number of halogens is 2. The zero-order chi connectivity index (χ0) is 13.8. The van der Waals surface area contributed by atoms with E-state index >= 15 is 0 Å². The molecule has 0 saturated heterocycles. The molecule has 0 spiro atoms. The van der Waals surface area contributed by atoms with Crippen molar-refractivity contribution < 1.29 is 14.2 Å². The maximum atomic E-state index is 12.9. The molecule has 1 atom stereocenters. The normalized spacial score (nSPS) is 12.6. The van der Waals surface area contributed by atoms with Gasteiger partial charge in [0.2, 0.25) is 0 Å². The lowest BCUT2D eigenvalue weighted by atomic mass is 9.98. The van der Waals surface area contributed by atoms with Gasteiger partial charge in [-0.05, 0) is 54.9 Å². The first-order valence-electron chi connectivity index (χ1n) is 5.57. The monoisotopic (exact) mass is 314 g/mol. The molecule has 1 aromatic rings. The van der Waals surface area contributed by atoms with E-state index in [9.17, 15) is 9.50 Å². The van der Waals surface area contributed by atoms with Gasteiger partial charge in [0.25, 0.3) is 0 Å². The number of hydrogen-bond donors (Lipinski definition) is 1. The van der Waals surface area contributed by atoms with Gasteiger partial charge < -0.3 is 9.84 Å². The van der Waals surface area contributed by atoms with Crippen molar-refractivity contribution in [3.8, 4) is 17.6 Å². The largest absolute Gasteiger partial charge is 0.474 e. The van der Waals surface area contributed by atoms with Crippen LogP contribution in [0.1, 0.15) is 20.8 Å². The van der Waals surface area contributed by atoms with E-state index in [-0.39, 0.29) is 17.8 Å². The Bertz CT molecular complexity index is 469. The minimum Gasteiger partial charge on any atom is -0.474 e. The first kappa shape index (κ1) is 15.0. The number of rotatable bonds is 3. The van der Waals surface area contributed by atoms with Crippen LogP contribution in [0.4, 0.5) is 4.39 Å². The molecule has 2 nitrogen and oxygen atoms in total. The van der Waals surface area contributed by atoms with Crippen molar-refractivity contribution in [2.24, 2.45) is 5.41 Å². The van der Waals surface area contributed by atoms with Crippen molar-refractivity contribution in [2.45, 2.75) is 26.9 Å². The van der Waals surface area contributed by atoms with E-state index < -0.39 is 6.10 Å². The molecule has 18 heavy (non-hydrogen) atoms. The lowest BCUT2D eigenvalue weighted by Gasteiger charge is -2.14. The molecule has 1 rings (SSSR count). The smallest absolute Gasteiger partial charge is 0.182 e. The highest BCUT2D eigenvalue weighted by Crippen LogP contribution is 2.26. The van der Waals surface area contributed by atoms with Crippen LogP contribution in [-0.2, 0) is 0 Å². The highest BCUT2D eigenvalue weighted by atomic mass is 79.9. The van der Waals surface area contributed by atoms with E-state index in [0.717, 1.165) is 0 Å². The van der Waals surface area contributed by atoms with Crippen molar-refractivity contribution in [1.29, 1.82) is 0 Å². The minimum atomic E-state index is -0.619. The summed E-state index contributed by atoms with van der Waals surface area (Å²) in [4.78, 5) is 0. The van der Waals surface area contributed by atoms with E-state index in [2.05, 4.69) is 27.8 Å². The molecule has 1 N–H and O–H groups in total. The average molecular weight is 315 g/mol. The van der Waals surface area contributed by atoms with E-state index in [0.29, 0.717) is 10.2 Å². The Morgan fingerprint density at radius 2 is 2.11 bits per heavy atom. The van der Waals surface area contributed by atoms with Crippen LogP contribution in [0.3, 0.4) is 0 Å². The SMILES string of the molecule is CC(C)(C)C#CC(CO)Oc1ccc(F)cc1Br. The van der Waals surface area contributed by atoms with Gasteiger partial charge in [0.05, 0.1) is 11.1 Å². The first-order valence-corrected chi connectivity index (χ1v) is 6.36. The second-order valence-electron chi connectivity index (χ2n) is 4.88. The van der Waals surface area contributed by atoms with Gasteiger partial charge in [-0.25, -0.2) is 4.39 Å². The lowest BCUT2D eigenvalue weighted by Crippen LogP contribution is -2.20. The maximum Gasteiger partial charge on any atom is 0.182 e. The van der Waals surface area contributed by atoms with Gasteiger partial charge >= 0.3 is 0 Å². The van der Waals surface area contributed by atoms with Crippen molar-refractivity contribution in [1.82, 2.24) is 0 Å². The number of aliphatic hydroxyl groups excluding tert-OH is 1. The molecule has 0 aliphatic heterocycles. The van der Waals surface area contributed by atoms with Crippen molar-refractivity contribution in [2.75, 3.05) is 6.61 Å². The third kappa shape index (κ3) is 5.07. The Hall–Kier alpha value is -1.05. The Morgan fingerprint density at radius 3 is 2.61 bits per heavy atom. The molecule has 4 heteroatoms. The van der Waals surface area contributed by atoms with Crippen LogP contribution in [0.2, 0.25) is 0 Å². The van der Waals surface area contributed by atoms with Gasteiger partial charge in [-0.2, -0.15) is 0 Å². The summed E-state index contributed by atoms with van der Waals surface area (Å²) >= 11 is 3.20. The average Bonchev–Trinajstić information content (AvgIpc) is 2.25. The van der Waals surface area contributed by atoms with Crippen LogP contribution in [0, 0.1) is 23.1 Å². The molecular formula is C14H16BrFO2. The molecule has 0 saturated carbocycles. The second kappa shape index (κ2) is 6.21. The van der Waals surface area contributed by atoms with Gasteiger partial charge in [0.1, 0.15) is 11.6 Å². The van der Waals surface area contributed by atoms with Gasteiger partial charge in [-0.1, -0.05) is 11.8 Å². The molecule has 0 aliphatic rings. The Labute approximate surface area is 115 Å². The van der Waals surface area contributed by atoms with E-state index in [1.54, 1.807) is 0 Å². The van der Waals surface area contributed by atoms with Crippen LogP contribution in [0.5, 0.6) is 5.75 Å². The highest BCUT2D eigenvalue weighted by molar-refractivity contribution is 9.10. The molecule has 0 radical (unpaired) electrons. The zero-order valence-corrected chi connectivity index (χ0v) is 12.2. The van der Waals surface area contributed by atoms with Crippen molar-refractivity contribution in [3.63, 3.8) is 0 Å². The van der Waals surface area contributed by atoms with Gasteiger partial charge in [-0.3, -0.25) is 0 Å². The quantitative estimate of drug-likeness (QED) is 0.867. The summed E-state index contributed by atoms with van der Waals surface area (Å²) in [5, 5.41) is 9.21. The number of aliphatic hydroxyl groups is 1. The van der Waals surface area contributed by atoms with Crippen LogP contribution >= 0.6 is 15.9 Å². The predicted molar refractivity (Wildman–Crippen MR) is 72.8 cm³/mol. The minimum absolute atomic E-state index is 0.156. The summed E-state index contributed by atoms with van der Waals surface area (Å²) in [6.07, 6.45) is -0.619. The van der Waals surface area contributed by atoms with Crippen LogP contribution in [0.15, 0.2) is 22.7 Å². The molecular weight excluding hydrogens is 299 g/mol. The summed E-state index contributed by atoms with van der Waals surface area (Å²) in [5.41, 5.74) is -0.156. The molecule has 98 valence electrons. The van der Waals surface area contributed by atoms with E-state index in [1.807, 2.05) is 20.8 Å². The summed E-state index contributed by atoms with van der Waals surface area (Å²) in [6.45, 7) is 5.71. The molecule has 0 fully saturated rings. The van der Waals surface area contributed by atoms with Gasteiger partial charge in [0, 0.05) is 5.41 Å².